The largest absolute Gasteiger partial charge is 0.398 e. The average molecular weight is 234 g/mol. The standard InChI is InChI=1S/C15H26N2/c1-11-7-8-14(17)13(10-11)15(3,4)9-5-6-12(2)16/h7-8,10,12H,5-6,9,16-17H2,1-4H3. The van der Waals surface area contributed by atoms with Crippen molar-refractivity contribution in [1.29, 1.82) is 0 Å². The van der Waals surface area contributed by atoms with Crippen LogP contribution in [-0.2, 0) is 5.41 Å². The Morgan fingerprint density at radius 3 is 2.53 bits per heavy atom. The van der Waals surface area contributed by atoms with Gasteiger partial charge in [-0.1, -0.05) is 38.0 Å². The normalized spacial score (nSPS) is 13.7. The van der Waals surface area contributed by atoms with Crippen LogP contribution in [0.1, 0.15) is 51.2 Å². The summed E-state index contributed by atoms with van der Waals surface area (Å²) in [5, 5.41) is 0. The first-order valence-corrected chi connectivity index (χ1v) is 6.45. The summed E-state index contributed by atoms with van der Waals surface area (Å²) < 4.78 is 0. The molecule has 4 N–H and O–H groups in total. The molecule has 0 saturated carbocycles. The van der Waals surface area contributed by atoms with Crippen molar-refractivity contribution in [3.8, 4) is 0 Å². The number of aryl methyl sites for hydroxylation is 1. The predicted octanol–water partition coefficient (Wildman–Crippen LogP) is 3.37. The van der Waals surface area contributed by atoms with Crippen molar-refractivity contribution >= 4 is 5.69 Å². The average Bonchev–Trinajstić information content (AvgIpc) is 2.20. The van der Waals surface area contributed by atoms with Crippen molar-refractivity contribution in [3.63, 3.8) is 0 Å². The molecule has 0 radical (unpaired) electrons. The van der Waals surface area contributed by atoms with E-state index in [1.54, 1.807) is 0 Å². The van der Waals surface area contributed by atoms with E-state index in [1.165, 1.54) is 11.1 Å². The summed E-state index contributed by atoms with van der Waals surface area (Å²) in [7, 11) is 0. The Hall–Kier alpha value is -1.02. The third kappa shape index (κ3) is 4.04. The van der Waals surface area contributed by atoms with Crippen LogP contribution in [0, 0.1) is 6.92 Å². The number of anilines is 1. The molecule has 1 atom stereocenters. The Morgan fingerprint density at radius 1 is 1.29 bits per heavy atom. The fourth-order valence-corrected chi connectivity index (χ4v) is 2.26. The van der Waals surface area contributed by atoms with Crippen molar-refractivity contribution in [2.24, 2.45) is 5.73 Å². The molecular formula is C15H26N2. The third-order valence-corrected chi connectivity index (χ3v) is 3.40. The number of hydrogen-bond acceptors (Lipinski definition) is 2. The van der Waals surface area contributed by atoms with Gasteiger partial charge in [-0.25, -0.2) is 0 Å². The first-order chi connectivity index (χ1) is 7.83. The molecule has 1 unspecified atom stereocenters. The van der Waals surface area contributed by atoms with E-state index >= 15 is 0 Å². The molecule has 0 bridgehead atoms. The molecule has 96 valence electrons. The van der Waals surface area contributed by atoms with Gasteiger partial charge in [0.2, 0.25) is 0 Å². The maximum atomic E-state index is 6.08. The zero-order valence-electron chi connectivity index (χ0n) is 11.6. The highest BCUT2D eigenvalue weighted by molar-refractivity contribution is 5.52. The van der Waals surface area contributed by atoms with Crippen LogP contribution in [0.5, 0.6) is 0 Å². The smallest absolute Gasteiger partial charge is 0.0352 e. The second-order valence-electron chi connectivity index (χ2n) is 5.84. The molecule has 0 aliphatic heterocycles. The van der Waals surface area contributed by atoms with Crippen molar-refractivity contribution in [3.05, 3.63) is 29.3 Å². The zero-order chi connectivity index (χ0) is 13.1. The minimum Gasteiger partial charge on any atom is -0.398 e. The Labute approximate surface area is 105 Å². The molecule has 0 fully saturated rings. The molecule has 0 aliphatic carbocycles. The quantitative estimate of drug-likeness (QED) is 0.767. The Morgan fingerprint density at radius 2 is 1.94 bits per heavy atom. The minimum absolute atomic E-state index is 0.130. The van der Waals surface area contributed by atoms with Gasteiger partial charge in [0.25, 0.3) is 0 Å². The summed E-state index contributed by atoms with van der Waals surface area (Å²) in [5.41, 5.74) is 15.4. The van der Waals surface area contributed by atoms with Crippen LogP contribution in [0.15, 0.2) is 18.2 Å². The van der Waals surface area contributed by atoms with Crippen molar-refractivity contribution in [2.75, 3.05) is 5.73 Å². The predicted molar refractivity (Wildman–Crippen MR) is 76.1 cm³/mol. The van der Waals surface area contributed by atoms with Gasteiger partial charge in [-0.15, -0.1) is 0 Å². The van der Waals surface area contributed by atoms with Gasteiger partial charge in [0.1, 0.15) is 0 Å². The lowest BCUT2D eigenvalue weighted by molar-refractivity contribution is 0.441. The molecule has 17 heavy (non-hydrogen) atoms. The van der Waals surface area contributed by atoms with E-state index in [0.717, 1.165) is 24.9 Å². The first kappa shape index (κ1) is 14.0. The minimum atomic E-state index is 0.130. The van der Waals surface area contributed by atoms with Crippen LogP contribution >= 0.6 is 0 Å². The highest BCUT2D eigenvalue weighted by Gasteiger charge is 2.22. The summed E-state index contributed by atoms with van der Waals surface area (Å²) in [6.07, 6.45) is 3.36. The van der Waals surface area contributed by atoms with E-state index in [0.29, 0.717) is 6.04 Å². The highest BCUT2D eigenvalue weighted by Crippen LogP contribution is 2.33. The van der Waals surface area contributed by atoms with Crippen LogP contribution in [0.2, 0.25) is 0 Å². The van der Waals surface area contributed by atoms with Crippen molar-refractivity contribution in [2.45, 2.75) is 58.4 Å². The van der Waals surface area contributed by atoms with E-state index < -0.39 is 0 Å². The van der Waals surface area contributed by atoms with E-state index in [9.17, 15) is 0 Å². The highest BCUT2D eigenvalue weighted by atomic mass is 14.6. The molecule has 1 aromatic rings. The van der Waals surface area contributed by atoms with E-state index in [1.807, 2.05) is 6.07 Å². The van der Waals surface area contributed by atoms with Gasteiger partial charge in [0.15, 0.2) is 0 Å². The van der Waals surface area contributed by atoms with Crippen LogP contribution in [0.4, 0.5) is 5.69 Å². The second kappa shape index (κ2) is 5.54. The second-order valence-corrected chi connectivity index (χ2v) is 5.84. The van der Waals surface area contributed by atoms with Crippen LogP contribution < -0.4 is 11.5 Å². The molecule has 0 heterocycles. The zero-order valence-corrected chi connectivity index (χ0v) is 11.6. The maximum absolute atomic E-state index is 6.08. The fraction of sp³-hybridized carbons (Fsp3) is 0.600. The lowest BCUT2D eigenvalue weighted by Gasteiger charge is -2.27. The fourth-order valence-electron chi connectivity index (χ4n) is 2.26. The number of benzene rings is 1. The van der Waals surface area contributed by atoms with Gasteiger partial charge in [0, 0.05) is 11.7 Å². The van der Waals surface area contributed by atoms with Gasteiger partial charge in [0.05, 0.1) is 0 Å². The summed E-state index contributed by atoms with van der Waals surface area (Å²) >= 11 is 0. The van der Waals surface area contributed by atoms with Gasteiger partial charge in [-0.2, -0.15) is 0 Å². The first-order valence-electron chi connectivity index (χ1n) is 6.45. The third-order valence-electron chi connectivity index (χ3n) is 3.40. The molecule has 0 saturated heterocycles. The van der Waals surface area contributed by atoms with Gasteiger partial charge < -0.3 is 11.5 Å². The monoisotopic (exact) mass is 234 g/mol. The van der Waals surface area contributed by atoms with Crippen LogP contribution in [0.3, 0.4) is 0 Å². The van der Waals surface area contributed by atoms with Crippen LogP contribution in [0.25, 0.3) is 0 Å². The summed E-state index contributed by atoms with van der Waals surface area (Å²) in [6.45, 7) is 8.70. The summed E-state index contributed by atoms with van der Waals surface area (Å²) in [6, 6.07) is 6.58. The van der Waals surface area contributed by atoms with Crippen molar-refractivity contribution < 1.29 is 0 Å². The maximum Gasteiger partial charge on any atom is 0.0352 e. The molecule has 0 spiro atoms. The topological polar surface area (TPSA) is 52.0 Å². The SMILES string of the molecule is Cc1ccc(N)c(C(C)(C)CCCC(C)N)c1. The Kier molecular flexibility index (Phi) is 4.58. The molecule has 1 aromatic carbocycles. The lowest BCUT2D eigenvalue weighted by atomic mass is 9.78. The molecule has 1 rings (SSSR count). The molecule has 2 nitrogen and oxygen atoms in total. The number of nitrogens with two attached hydrogens (primary N) is 2. The Balaban J connectivity index is 2.77. The molecule has 0 amide bonds. The molecule has 0 aromatic heterocycles. The number of hydrogen-bond donors (Lipinski definition) is 2. The van der Waals surface area contributed by atoms with Gasteiger partial charge in [-0.3, -0.25) is 0 Å². The summed E-state index contributed by atoms with van der Waals surface area (Å²) in [5.74, 6) is 0. The Bertz CT molecular complexity index is 367. The van der Waals surface area contributed by atoms with Crippen LogP contribution in [-0.4, -0.2) is 6.04 Å². The molecular weight excluding hydrogens is 208 g/mol. The number of rotatable bonds is 5. The molecule has 2 heteroatoms. The molecule has 0 aliphatic rings. The van der Waals surface area contributed by atoms with E-state index in [-0.39, 0.29) is 5.41 Å². The van der Waals surface area contributed by atoms with Gasteiger partial charge >= 0.3 is 0 Å². The van der Waals surface area contributed by atoms with E-state index in [4.69, 9.17) is 11.5 Å². The number of nitrogen functional groups attached to an aromatic ring is 1. The van der Waals surface area contributed by atoms with Gasteiger partial charge in [-0.05, 0) is 43.7 Å². The summed E-state index contributed by atoms with van der Waals surface area (Å²) in [4.78, 5) is 0. The van der Waals surface area contributed by atoms with E-state index in [2.05, 4.69) is 39.8 Å². The lowest BCUT2D eigenvalue weighted by Crippen LogP contribution is -2.21. The van der Waals surface area contributed by atoms with Crippen molar-refractivity contribution in [1.82, 2.24) is 0 Å².